The van der Waals surface area contributed by atoms with Crippen LogP contribution in [-0.4, -0.2) is 20.7 Å². The van der Waals surface area contributed by atoms with E-state index in [0.29, 0.717) is 15.8 Å². The first-order valence-corrected chi connectivity index (χ1v) is 5.96. The second-order valence-electron chi connectivity index (χ2n) is 3.22. The summed E-state index contributed by atoms with van der Waals surface area (Å²) in [7, 11) is 0. The number of nitrogens with one attached hydrogen (secondary N) is 1. The lowest BCUT2D eigenvalue weighted by atomic mass is 10.4. The second-order valence-corrected chi connectivity index (χ2v) is 4.64. The van der Waals surface area contributed by atoms with Gasteiger partial charge >= 0.3 is 0 Å². The Morgan fingerprint density at radius 3 is 2.94 bits per heavy atom. The maximum Gasteiger partial charge on any atom is 0.199 e. The highest BCUT2D eigenvalue weighted by atomic mass is 35.5. The molecule has 2 aromatic rings. The maximum atomic E-state index is 11.2. The molecule has 0 unspecified atom stereocenters. The number of ketones is 1. The van der Waals surface area contributed by atoms with E-state index in [0.717, 1.165) is 0 Å². The first-order chi connectivity index (χ1) is 8.58. The zero-order valence-electron chi connectivity index (χ0n) is 9.14. The number of hydrogen-bond donors (Lipinski definition) is 1. The Bertz CT molecular complexity index is 648. The Balaban J connectivity index is 2.29. The third-order valence-corrected chi connectivity index (χ3v) is 2.87. The summed E-state index contributed by atoms with van der Waals surface area (Å²) in [6.45, 7) is 1.35. The number of thiazole rings is 1. The van der Waals surface area contributed by atoms with Crippen molar-refractivity contribution in [1.82, 2.24) is 15.0 Å². The van der Waals surface area contributed by atoms with Crippen LogP contribution in [-0.2, 0) is 0 Å². The van der Waals surface area contributed by atoms with Crippen LogP contribution < -0.4 is 5.32 Å². The lowest BCUT2D eigenvalue weighted by Gasteiger charge is -2.03. The van der Waals surface area contributed by atoms with Crippen molar-refractivity contribution in [3.63, 3.8) is 0 Å². The number of carbonyl (C=O) groups excluding carboxylic acids is 1. The van der Waals surface area contributed by atoms with Gasteiger partial charge in [-0.15, -0.1) is 0 Å². The van der Waals surface area contributed by atoms with Gasteiger partial charge in [0.15, 0.2) is 16.7 Å². The van der Waals surface area contributed by atoms with Crippen LogP contribution in [0, 0.1) is 11.3 Å². The summed E-state index contributed by atoms with van der Waals surface area (Å²) in [4.78, 5) is 23.4. The van der Waals surface area contributed by atoms with Crippen LogP contribution in [0.1, 0.15) is 22.4 Å². The Morgan fingerprint density at radius 1 is 1.56 bits per heavy atom. The van der Waals surface area contributed by atoms with E-state index in [1.165, 1.54) is 30.5 Å². The van der Waals surface area contributed by atoms with Crippen LogP contribution in [0.4, 0.5) is 10.9 Å². The molecule has 0 saturated heterocycles. The quantitative estimate of drug-likeness (QED) is 0.685. The predicted octanol–water partition coefficient (Wildman–Crippen LogP) is 2.40. The minimum atomic E-state index is -0.280. The molecular weight excluding hydrogens is 274 g/mol. The third kappa shape index (κ3) is 2.80. The SMILES string of the molecule is CC(=O)c1nc(Cl)cc(Nc2ncc(C#N)s2)n1. The zero-order valence-corrected chi connectivity index (χ0v) is 10.7. The van der Waals surface area contributed by atoms with Crippen molar-refractivity contribution in [1.29, 1.82) is 5.26 Å². The van der Waals surface area contributed by atoms with Gasteiger partial charge in [0, 0.05) is 13.0 Å². The van der Waals surface area contributed by atoms with Gasteiger partial charge in [0.2, 0.25) is 0 Å². The molecule has 0 aliphatic heterocycles. The van der Waals surface area contributed by atoms with Crippen LogP contribution in [0.5, 0.6) is 0 Å². The molecule has 0 amide bonds. The van der Waals surface area contributed by atoms with E-state index in [1.54, 1.807) is 0 Å². The van der Waals surface area contributed by atoms with Crippen molar-refractivity contribution in [3.05, 3.63) is 28.1 Å². The molecule has 18 heavy (non-hydrogen) atoms. The van der Waals surface area contributed by atoms with E-state index in [1.807, 2.05) is 6.07 Å². The smallest absolute Gasteiger partial charge is 0.199 e. The lowest BCUT2D eigenvalue weighted by molar-refractivity contribution is 0.100. The highest BCUT2D eigenvalue weighted by molar-refractivity contribution is 7.16. The maximum absolute atomic E-state index is 11.2. The number of nitriles is 1. The lowest BCUT2D eigenvalue weighted by Crippen LogP contribution is -2.04. The van der Waals surface area contributed by atoms with E-state index in [4.69, 9.17) is 16.9 Å². The summed E-state index contributed by atoms with van der Waals surface area (Å²) in [5.41, 5.74) is 0. The molecule has 2 rings (SSSR count). The molecule has 0 aliphatic rings. The molecular formula is C10H6ClN5OS. The van der Waals surface area contributed by atoms with Crippen molar-refractivity contribution in [2.45, 2.75) is 6.92 Å². The molecule has 2 heterocycles. The monoisotopic (exact) mass is 279 g/mol. The number of Topliss-reactive ketones (excluding diaryl/α,β-unsaturated/α-hetero) is 1. The molecule has 0 spiro atoms. The van der Waals surface area contributed by atoms with Crippen LogP contribution in [0.3, 0.4) is 0 Å². The minimum absolute atomic E-state index is 0.0297. The molecule has 0 aliphatic carbocycles. The molecule has 0 radical (unpaired) electrons. The molecule has 6 nitrogen and oxygen atoms in total. The summed E-state index contributed by atoms with van der Waals surface area (Å²) in [6.07, 6.45) is 1.45. The highest BCUT2D eigenvalue weighted by Crippen LogP contribution is 2.22. The van der Waals surface area contributed by atoms with Gasteiger partial charge in [-0.1, -0.05) is 22.9 Å². The Morgan fingerprint density at radius 2 is 2.33 bits per heavy atom. The van der Waals surface area contributed by atoms with Gasteiger partial charge < -0.3 is 5.32 Å². The zero-order chi connectivity index (χ0) is 13.1. The number of hydrogen-bond acceptors (Lipinski definition) is 7. The van der Waals surface area contributed by atoms with E-state index < -0.39 is 0 Å². The number of anilines is 2. The van der Waals surface area contributed by atoms with Gasteiger partial charge in [0.1, 0.15) is 21.9 Å². The van der Waals surface area contributed by atoms with Gasteiger partial charge in [0.05, 0.1) is 6.20 Å². The summed E-state index contributed by atoms with van der Waals surface area (Å²) < 4.78 is 0. The van der Waals surface area contributed by atoms with Gasteiger partial charge in [-0.05, 0) is 0 Å². The average Bonchev–Trinajstić information content (AvgIpc) is 2.76. The number of rotatable bonds is 3. The third-order valence-electron chi connectivity index (χ3n) is 1.86. The minimum Gasteiger partial charge on any atom is -0.316 e. The summed E-state index contributed by atoms with van der Waals surface area (Å²) in [6, 6.07) is 3.45. The predicted molar refractivity (Wildman–Crippen MR) is 67.2 cm³/mol. The standard InChI is InChI=1S/C10H6ClN5OS/c1-5(17)9-14-7(11)2-8(15-9)16-10-13-4-6(3-12)18-10/h2,4H,1H3,(H,13,14,15,16). The van der Waals surface area contributed by atoms with Crippen molar-refractivity contribution in [2.24, 2.45) is 0 Å². The fourth-order valence-corrected chi connectivity index (χ4v) is 1.94. The van der Waals surface area contributed by atoms with Gasteiger partial charge in [0.25, 0.3) is 0 Å². The van der Waals surface area contributed by atoms with E-state index in [2.05, 4.69) is 20.3 Å². The van der Waals surface area contributed by atoms with Crippen LogP contribution in [0.15, 0.2) is 12.3 Å². The molecule has 1 N–H and O–H groups in total. The molecule has 90 valence electrons. The topological polar surface area (TPSA) is 91.6 Å². The fourth-order valence-electron chi connectivity index (χ4n) is 1.13. The number of nitrogens with zero attached hydrogens (tertiary/aromatic N) is 4. The molecule has 0 aromatic carbocycles. The molecule has 8 heteroatoms. The number of aromatic nitrogens is 3. The van der Waals surface area contributed by atoms with Crippen molar-refractivity contribution < 1.29 is 4.79 Å². The summed E-state index contributed by atoms with van der Waals surface area (Å²) in [5.74, 6) is 0.110. The average molecular weight is 280 g/mol. The van der Waals surface area contributed by atoms with Gasteiger partial charge in [-0.25, -0.2) is 15.0 Å². The van der Waals surface area contributed by atoms with Gasteiger partial charge in [-0.3, -0.25) is 4.79 Å². The van der Waals surface area contributed by atoms with Crippen LogP contribution in [0.2, 0.25) is 5.15 Å². The van der Waals surface area contributed by atoms with E-state index in [-0.39, 0.29) is 16.8 Å². The normalized spacial score (nSPS) is 9.83. The Labute approximate surface area is 111 Å². The number of carbonyl (C=O) groups is 1. The summed E-state index contributed by atoms with van der Waals surface area (Å²) in [5, 5.41) is 12.2. The fraction of sp³-hybridized carbons (Fsp3) is 0.100. The second kappa shape index (κ2) is 5.08. The van der Waals surface area contributed by atoms with Gasteiger partial charge in [-0.2, -0.15) is 5.26 Å². The van der Waals surface area contributed by atoms with E-state index in [9.17, 15) is 4.79 Å². The number of halogens is 1. The van der Waals surface area contributed by atoms with Crippen LogP contribution in [0.25, 0.3) is 0 Å². The Hall–Kier alpha value is -2.04. The largest absolute Gasteiger partial charge is 0.316 e. The van der Waals surface area contributed by atoms with Crippen molar-refractivity contribution >= 4 is 39.7 Å². The van der Waals surface area contributed by atoms with Crippen molar-refractivity contribution in [2.75, 3.05) is 5.32 Å². The first-order valence-electron chi connectivity index (χ1n) is 4.77. The molecule has 0 atom stereocenters. The van der Waals surface area contributed by atoms with E-state index >= 15 is 0 Å². The summed E-state index contributed by atoms with van der Waals surface area (Å²) >= 11 is 6.96. The van der Waals surface area contributed by atoms with Crippen LogP contribution >= 0.6 is 22.9 Å². The Kier molecular flexibility index (Phi) is 3.50. The molecule has 0 fully saturated rings. The molecule has 0 saturated carbocycles. The first kappa shape index (κ1) is 12.4. The molecule has 0 bridgehead atoms. The molecule has 2 aromatic heterocycles. The highest BCUT2D eigenvalue weighted by Gasteiger charge is 2.09. The van der Waals surface area contributed by atoms with Crippen molar-refractivity contribution in [3.8, 4) is 6.07 Å².